The number of carbonyl (C=O) groups excluding carboxylic acids is 1. The molecule has 0 radical (unpaired) electrons. The molecule has 29 heavy (non-hydrogen) atoms. The van der Waals surface area contributed by atoms with Crippen LogP contribution in [0.1, 0.15) is 55.0 Å². The van der Waals surface area contributed by atoms with Gasteiger partial charge >= 0.3 is 0 Å². The summed E-state index contributed by atoms with van der Waals surface area (Å²) < 4.78 is 11.3. The lowest BCUT2D eigenvalue weighted by Gasteiger charge is -2.27. The fraction of sp³-hybridized carbons (Fsp3) is 0.458. The van der Waals surface area contributed by atoms with Crippen LogP contribution in [0.4, 0.5) is 0 Å². The summed E-state index contributed by atoms with van der Waals surface area (Å²) in [7, 11) is 0. The highest BCUT2D eigenvalue weighted by Gasteiger charge is 2.25. The highest BCUT2D eigenvalue weighted by atomic mass is 16.5. The second-order valence-corrected chi connectivity index (χ2v) is 8.09. The highest BCUT2D eigenvalue weighted by molar-refractivity contribution is 5.81. The van der Waals surface area contributed by atoms with E-state index in [0.29, 0.717) is 12.5 Å². The van der Waals surface area contributed by atoms with Gasteiger partial charge in [0.2, 0.25) is 5.91 Å². The molecular formula is C24H31NO4. The Labute approximate surface area is 173 Å². The molecule has 0 aliphatic carbocycles. The van der Waals surface area contributed by atoms with Crippen molar-refractivity contribution in [3.8, 4) is 0 Å². The minimum Gasteiger partial charge on any atom is -0.392 e. The van der Waals surface area contributed by atoms with Crippen LogP contribution in [0.25, 0.3) is 0 Å². The minimum absolute atomic E-state index is 0.0131. The van der Waals surface area contributed by atoms with Crippen molar-refractivity contribution in [2.24, 2.45) is 5.92 Å². The van der Waals surface area contributed by atoms with E-state index in [1.54, 1.807) is 0 Å². The summed E-state index contributed by atoms with van der Waals surface area (Å²) in [6.07, 6.45) is -0.523. The smallest absolute Gasteiger partial charge is 0.249 e. The number of aliphatic hydroxyl groups is 1. The molecule has 3 rings (SSSR count). The molecule has 1 amide bonds. The van der Waals surface area contributed by atoms with E-state index in [-0.39, 0.29) is 24.5 Å². The Morgan fingerprint density at radius 3 is 2.45 bits per heavy atom. The van der Waals surface area contributed by atoms with Crippen LogP contribution in [0, 0.1) is 5.92 Å². The molecule has 1 saturated heterocycles. The Morgan fingerprint density at radius 1 is 1.14 bits per heavy atom. The SMILES string of the molecule is CC(C)C(OCc1cccc(C2COC2)c1)C(=O)N[C@@H](C)c1ccc(CO)cc1. The Kier molecular flexibility index (Phi) is 7.42. The monoisotopic (exact) mass is 397 g/mol. The zero-order chi connectivity index (χ0) is 20.8. The van der Waals surface area contributed by atoms with Crippen molar-refractivity contribution >= 4 is 5.91 Å². The van der Waals surface area contributed by atoms with Gasteiger partial charge in [-0.1, -0.05) is 62.4 Å². The highest BCUT2D eigenvalue weighted by Crippen LogP contribution is 2.25. The largest absolute Gasteiger partial charge is 0.392 e. The lowest BCUT2D eigenvalue weighted by Crippen LogP contribution is -2.40. The van der Waals surface area contributed by atoms with Gasteiger partial charge in [0.1, 0.15) is 6.10 Å². The molecule has 1 fully saturated rings. The summed E-state index contributed by atoms with van der Waals surface area (Å²) >= 11 is 0. The van der Waals surface area contributed by atoms with E-state index >= 15 is 0 Å². The summed E-state index contributed by atoms with van der Waals surface area (Å²) in [4.78, 5) is 12.9. The minimum atomic E-state index is -0.523. The topological polar surface area (TPSA) is 67.8 Å². The Balaban J connectivity index is 1.59. The molecule has 5 nitrogen and oxygen atoms in total. The number of carbonyl (C=O) groups is 1. The quantitative estimate of drug-likeness (QED) is 0.677. The predicted octanol–water partition coefficient (Wildman–Crippen LogP) is 3.71. The van der Waals surface area contributed by atoms with Gasteiger partial charge in [-0.2, -0.15) is 0 Å². The summed E-state index contributed by atoms with van der Waals surface area (Å²) in [5.74, 6) is 0.418. The summed E-state index contributed by atoms with van der Waals surface area (Å²) in [5.41, 5.74) is 4.18. The van der Waals surface area contributed by atoms with Gasteiger partial charge in [-0.3, -0.25) is 4.79 Å². The molecule has 2 aromatic carbocycles. The van der Waals surface area contributed by atoms with E-state index in [0.717, 1.165) is 29.9 Å². The van der Waals surface area contributed by atoms with Crippen molar-refractivity contribution in [3.63, 3.8) is 0 Å². The van der Waals surface area contributed by atoms with E-state index in [9.17, 15) is 9.90 Å². The van der Waals surface area contributed by atoms with Gasteiger partial charge in [-0.05, 0) is 35.1 Å². The maximum atomic E-state index is 12.9. The lowest BCUT2D eigenvalue weighted by atomic mass is 9.96. The molecule has 0 bridgehead atoms. The Hall–Kier alpha value is -2.21. The molecule has 5 heteroatoms. The van der Waals surface area contributed by atoms with Crippen LogP contribution in [0.2, 0.25) is 0 Å². The first-order valence-electron chi connectivity index (χ1n) is 10.3. The van der Waals surface area contributed by atoms with Crippen molar-refractivity contribution in [1.29, 1.82) is 0 Å². The molecule has 2 N–H and O–H groups in total. The summed E-state index contributed by atoms with van der Waals surface area (Å²) in [6, 6.07) is 15.8. The maximum absolute atomic E-state index is 12.9. The normalized spacial score (nSPS) is 16.3. The van der Waals surface area contributed by atoms with Gasteiger partial charge in [-0.25, -0.2) is 0 Å². The maximum Gasteiger partial charge on any atom is 0.249 e. The van der Waals surface area contributed by atoms with Crippen molar-refractivity contribution in [2.45, 2.75) is 52.0 Å². The zero-order valence-corrected chi connectivity index (χ0v) is 17.4. The number of hydrogen-bond acceptors (Lipinski definition) is 4. The first kappa shape index (κ1) is 21.5. The predicted molar refractivity (Wildman–Crippen MR) is 112 cm³/mol. The zero-order valence-electron chi connectivity index (χ0n) is 17.4. The molecule has 1 aliphatic heterocycles. The van der Waals surface area contributed by atoms with Gasteiger partial charge in [0.25, 0.3) is 0 Å². The lowest BCUT2D eigenvalue weighted by molar-refractivity contribution is -0.137. The van der Waals surface area contributed by atoms with Crippen molar-refractivity contribution in [2.75, 3.05) is 13.2 Å². The number of ether oxygens (including phenoxy) is 2. The number of rotatable bonds is 9. The molecule has 0 saturated carbocycles. The van der Waals surface area contributed by atoms with Crippen LogP contribution in [0.3, 0.4) is 0 Å². The molecule has 156 valence electrons. The van der Waals surface area contributed by atoms with E-state index < -0.39 is 6.10 Å². The van der Waals surface area contributed by atoms with Crippen molar-refractivity contribution < 1.29 is 19.4 Å². The van der Waals surface area contributed by atoms with E-state index in [4.69, 9.17) is 9.47 Å². The van der Waals surface area contributed by atoms with E-state index in [1.807, 2.05) is 57.2 Å². The second kappa shape index (κ2) is 10.0. The summed E-state index contributed by atoms with van der Waals surface area (Å²) in [6.45, 7) is 7.90. The van der Waals surface area contributed by atoms with Crippen molar-refractivity contribution in [1.82, 2.24) is 5.32 Å². The van der Waals surface area contributed by atoms with Gasteiger partial charge in [0.05, 0.1) is 32.5 Å². The molecule has 1 unspecified atom stereocenters. The molecule has 1 aliphatic rings. The third kappa shape index (κ3) is 5.66. The van der Waals surface area contributed by atoms with Crippen LogP contribution in [0.5, 0.6) is 0 Å². The Bertz CT molecular complexity index is 799. The molecule has 1 heterocycles. The average Bonchev–Trinajstić information content (AvgIpc) is 2.67. The fourth-order valence-electron chi connectivity index (χ4n) is 3.41. The van der Waals surface area contributed by atoms with E-state index in [2.05, 4.69) is 17.4 Å². The van der Waals surface area contributed by atoms with Gasteiger partial charge in [-0.15, -0.1) is 0 Å². The van der Waals surface area contributed by atoms with Crippen LogP contribution in [-0.2, 0) is 27.5 Å². The number of benzene rings is 2. The number of aliphatic hydroxyl groups excluding tert-OH is 1. The molecular weight excluding hydrogens is 366 g/mol. The second-order valence-electron chi connectivity index (χ2n) is 8.09. The third-order valence-corrected chi connectivity index (χ3v) is 5.38. The number of amides is 1. The molecule has 0 aromatic heterocycles. The number of hydrogen-bond donors (Lipinski definition) is 2. The van der Waals surface area contributed by atoms with E-state index in [1.165, 1.54) is 5.56 Å². The Morgan fingerprint density at radius 2 is 1.86 bits per heavy atom. The van der Waals surface area contributed by atoms with Gasteiger partial charge < -0.3 is 19.9 Å². The fourth-order valence-corrected chi connectivity index (χ4v) is 3.41. The molecule has 2 aromatic rings. The van der Waals surface area contributed by atoms with Crippen LogP contribution < -0.4 is 5.32 Å². The third-order valence-electron chi connectivity index (χ3n) is 5.38. The van der Waals surface area contributed by atoms with Gasteiger partial charge in [0.15, 0.2) is 0 Å². The standard InChI is InChI=1S/C24H31NO4/c1-16(2)23(24(27)25-17(3)20-9-7-18(12-26)8-10-20)29-13-19-5-4-6-21(11-19)22-14-28-15-22/h4-11,16-17,22-23,26H,12-15H2,1-3H3,(H,25,27)/t17-,23?/m0/s1. The van der Waals surface area contributed by atoms with Crippen LogP contribution in [-0.4, -0.2) is 30.3 Å². The summed E-state index contributed by atoms with van der Waals surface area (Å²) in [5, 5.41) is 12.2. The van der Waals surface area contributed by atoms with Gasteiger partial charge in [0, 0.05) is 5.92 Å². The average molecular weight is 398 g/mol. The first-order valence-corrected chi connectivity index (χ1v) is 10.3. The van der Waals surface area contributed by atoms with Crippen molar-refractivity contribution in [3.05, 3.63) is 70.8 Å². The van der Waals surface area contributed by atoms with Crippen LogP contribution in [0.15, 0.2) is 48.5 Å². The number of nitrogens with one attached hydrogen (secondary N) is 1. The molecule has 0 spiro atoms. The first-order chi connectivity index (χ1) is 14.0. The molecule has 2 atom stereocenters. The van der Waals surface area contributed by atoms with Crippen LogP contribution >= 0.6 is 0 Å².